The highest BCUT2D eigenvalue weighted by molar-refractivity contribution is 6.36. The third kappa shape index (κ3) is 4.60. The van der Waals surface area contributed by atoms with E-state index < -0.39 is 4.92 Å². The van der Waals surface area contributed by atoms with Gasteiger partial charge in [-0.05, 0) is 30.3 Å². The molecular formula is C18H12Cl3N3O3. The van der Waals surface area contributed by atoms with Gasteiger partial charge in [-0.25, -0.2) is 0 Å². The number of benzene rings is 2. The summed E-state index contributed by atoms with van der Waals surface area (Å²) in [6.07, 6.45) is 1.49. The lowest BCUT2D eigenvalue weighted by atomic mass is 10.1. The molecule has 3 aromatic rings. The standard InChI is InChI=1S/C18H12Cl3N3O3/c19-15-2-1-3-16(20)14(15)10-23-22-9-12-5-7-18(27-12)13-6-4-11(24(25)26)8-17(13)21/h1-9,23H,10H2/b22-9+. The van der Waals surface area contributed by atoms with E-state index in [2.05, 4.69) is 10.5 Å². The van der Waals surface area contributed by atoms with Crippen LogP contribution in [0, 0.1) is 10.1 Å². The Bertz CT molecular complexity index is 998. The van der Waals surface area contributed by atoms with Gasteiger partial charge in [-0.15, -0.1) is 0 Å². The zero-order valence-electron chi connectivity index (χ0n) is 13.7. The van der Waals surface area contributed by atoms with Crippen LogP contribution >= 0.6 is 34.8 Å². The number of nitrogens with zero attached hydrogens (tertiary/aromatic N) is 2. The van der Waals surface area contributed by atoms with E-state index in [9.17, 15) is 10.1 Å². The van der Waals surface area contributed by atoms with E-state index in [0.717, 1.165) is 5.56 Å². The summed E-state index contributed by atoms with van der Waals surface area (Å²) in [6, 6.07) is 12.9. The summed E-state index contributed by atoms with van der Waals surface area (Å²) in [5, 5.41) is 16.2. The third-order valence-electron chi connectivity index (χ3n) is 3.66. The van der Waals surface area contributed by atoms with Crippen molar-refractivity contribution >= 4 is 46.7 Å². The maximum absolute atomic E-state index is 10.8. The Morgan fingerprint density at radius 3 is 2.48 bits per heavy atom. The lowest BCUT2D eigenvalue weighted by Crippen LogP contribution is -2.06. The maximum atomic E-state index is 10.8. The highest BCUT2D eigenvalue weighted by atomic mass is 35.5. The lowest BCUT2D eigenvalue weighted by molar-refractivity contribution is -0.384. The molecule has 0 fully saturated rings. The number of hydrogen-bond donors (Lipinski definition) is 1. The summed E-state index contributed by atoms with van der Waals surface area (Å²) < 4.78 is 5.65. The van der Waals surface area contributed by atoms with Gasteiger partial charge in [-0.3, -0.25) is 10.1 Å². The predicted octanol–water partition coefficient (Wildman–Crippen LogP) is 5.94. The van der Waals surface area contributed by atoms with E-state index in [4.69, 9.17) is 39.2 Å². The van der Waals surface area contributed by atoms with Gasteiger partial charge in [0.15, 0.2) is 0 Å². The minimum absolute atomic E-state index is 0.0838. The fraction of sp³-hybridized carbons (Fsp3) is 0.0556. The van der Waals surface area contributed by atoms with Gasteiger partial charge in [0.25, 0.3) is 5.69 Å². The molecule has 0 atom stereocenters. The minimum Gasteiger partial charge on any atom is -0.455 e. The molecule has 2 aromatic carbocycles. The van der Waals surface area contributed by atoms with Crippen LogP contribution in [0.3, 0.4) is 0 Å². The van der Waals surface area contributed by atoms with Crippen molar-refractivity contribution in [1.82, 2.24) is 5.43 Å². The fourth-order valence-electron chi connectivity index (χ4n) is 2.32. The Hall–Kier alpha value is -2.54. The van der Waals surface area contributed by atoms with E-state index in [0.29, 0.717) is 33.7 Å². The number of rotatable bonds is 6. The van der Waals surface area contributed by atoms with E-state index in [1.165, 1.54) is 24.4 Å². The molecule has 0 aliphatic carbocycles. The smallest absolute Gasteiger partial charge is 0.270 e. The Labute approximate surface area is 169 Å². The van der Waals surface area contributed by atoms with Crippen molar-refractivity contribution < 1.29 is 9.34 Å². The molecule has 0 aliphatic heterocycles. The van der Waals surface area contributed by atoms with Gasteiger partial charge in [0.05, 0.1) is 22.7 Å². The molecule has 1 heterocycles. The monoisotopic (exact) mass is 423 g/mol. The van der Waals surface area contributed by atoms with E-state index in [1.807, 2.05) is 0 Å². The lowest BCUT2D eigenvalue weighted by Gasteiger charge is -2.05. The number of furan rings is 1. The molecule has 0 bridgehead atoms. The van der Waals surface area contributed by atoms with E-state index in [-0.39, 0.29) is 10.7 Å². The van der Waals surface area contributed by atoms with Gasteiger partial charge >= 0.3 is 0 Å². The number of nitro benzene ring substituents is 1. The van der Waals surface area contributed by atoms with Crippen molar-refractivity contribution in [2.24, 2.45) is 5.10 Å². The molecule has 3 rings (SSSR count). The first-order valence-electron chi connectivity index (χ1n) is 7.68. The molecule has 1 N–H and O–H groups in total. The molecular weight excluding hydrogens is 413 g/mol. The summed E-state index contributed by atoms with van der Waals surface area (Å²) in [7, 11) is 0. The summed E-state index contributed by atoms with van der Waals surface area (Å²) >= 11 is 18.3. The number of hydrazone groups is 1. The maximum Gasteiger partial charge on any atom is 0.270 e. The van der Waals surface area contributed by atoms with Crippen LogP contribution in [-0.4, -0.2) is 11.1 Å². The predicted molar refractivity (Wildman–Crippen MR) is 107 cm³/mol. The molecule has 1 aromatic heterocycles. The van der Waals surface area contributed by atoms with E-state index >= 15 is 0 Å². The first-order chi connectivity index (χ1) is 13.0. The second kappa shape index (κ2) is 8.43. The summed E-state index contributed by atoms with van der Waals surface area (Å²) in [5.41, 5.74) is 4.07. The number of non-ortho nitro benzene ring substituents is 1. The van der Waals surface area contributed by atoms with Gasteiger partial charge in [0.2, 0.25) is 0 Å². The second-order valence-electron chi connectivity index (χ2n) is 5.42. The van der Waals surface area contributed by atoms with Gasteiger partial charge in [-0.1, -0.05) is 40.9 Å². The fourth-order valence-corrected chi connectivity index (χ4v) is 3.12. The Morgan fingerprint density at radius 1 is 1.07 bits per heavy atom. The average Bonchev–Trinajstić information content (AvgIpc) is 3.09. The molecule has 27 heavy (non-hydrogen) atoms. The van der Waals surface area contributed by atoms with Crippen molar-refractivity contribution in [3.05, 3.63) is 85.0 Å². The van der Waals surface area contributed by atoms with Crippen LogP contribution in [0.2, 0.25) is 15.1 Å². The molecule has 0 saturated heterocycles. The Morgan fingerprint density at radius 2 is 1.81 bits per heavy atom. The largest absolute Gasteiger partial charge is 0.455 e. The zero-order valence-corrected chi connectivity index (χ0v) is 15.9. The molecule has 9 heteroatoms. The van der Waals surface area contributed by atoms with Crippen molar-refractivity contribution in [2.75, 3.05) is 0 Å². The second-order valence-corrected chi connectivity index (χ2v) is 6.64. The highest BCUT2D eigenvalue weighted by Crippen LogP contribution is 2.32. The number of nitro groups is 1. The first-order valence-corrected chi connectivity index (χ1v) is 8.82. The normalized spacial score (nSPS) is 11.1. The van der Waals surface area contributed by atoms with Crippen LogP contribution < -0.4 is 5.43 Å². The van der Waals surface area contributed by atoms with Crippen molar-refractivity contribution in [1.29, 1.82) is 0 Å². The minimum atomic E-state index is -0.507. The van der Waals surface area contributed by atoms with Crippen LogP contribution in [-0.2, 0) is 6.54 Å². The SMILES string of the molecule is O=[N+]([O-])c1ccc(-c2ccc(/C=N/NCc3c(Cl)cccc3Cl)o2)c(Cl)c1. The number of hydrogen-bond acceptors (Lipinski definition) is 5. The topological polar surface area (TPSA) is 80.7 Å². The zero-order chi connectivity index (χ0) is 19.4. The Kier molecular flexibility index (Phi) is 6.01. The van der Waals surface area contributed by atoms with Crippen molar-refractivity contribution in [3.8, 4) is 11.3 Å². The summed E-state index contributed by atoms with van der Waals surface area (Å²) in [5.74, 6) is 0.961. The molecule has 0 radical (unpaired) electrons. The number of halogens is 3. The van der Waals surface area contributed by atoms with Crippen LogP contribution in [0.15, 0.2) is 58.0 Å². The molecule has 0 spiro atoms. The van der Waals surface area contributed by atoms with Crippen LogP contribution in [0.1, 0.15) is 11.3 Å². The highest BCUT2D eigenvalue weighted by Gasteiger charge is 2.13. The molecule has 0 aliphatic rings. The average molecular weight is 425 g/mol. The van der Waals surface area contributed by atoms with Crippen molar-refractivity contribution in [2.45, 2.75) is 6.54 Å². The summed E-state index contributed by atoms with van der Waals surface area (Å²) in [4.78, 5) is 10.3. The molecule has 0 unspecified atom stereocenters. The van der Waals surface area contributed by atoms with Gasteiger partial charge in [0, 0.05) is 33.3 Å². The number of nitrogens with one attached hydrogen (secondary N) is 1. The Balaban J connectivity index is 1.68. The quantitative estimate of drug-likeness (QED) is 0.302. The van der Waals surface area contributed by atoms with Crippen molar-refractivity contribution in [3.63, 3.8) is 0 Å². The van der Waals surface area contributed by atoms with Gasteiger partial charge in [-0.2, -0.15) is 5.10 Å². The third-order valence-corrected chi connectivity index (χ3v) is 4.68. The first kappa shape index (κ1) is 19.2. The van der Waals surface area contributed by atoms with Crippen LogP contribution in [0.25, 0.3) is 11.3 Å². The molecule has 0 amide bonds. The van der Waals surface area contributed by atoms with Crippen LogP contribution in [0.5, 0.6) is 0 Å². The van der Waals surface area contributed by atoms with E-state index in [1.54, 1.807) is 30.3 Å². The van der Waals surface area contributed by atoms with Crippen LogP contribution in [0.4, 0.5) is 5.69 Å². The van der Waals surface area contributed by atoms with Gasteiger partial charge in [0.1, 0.15) is 11.5 Å². The van der Waals surface area contributed by atoms with Gasteiger partial charge < -0.3 is 9.84 Å². The molecule has 138 valence electrons. The molecule has 0 saturated carbocycles. The summed E-state index contributed by atoms with van der Waals surface area (Å²) in [6.45, 7) is 0.358. The molecule has 6 nitrogen and oxygen atoms in total.